The van der Waals surface area contributed by atoms with E-state index in [1.807, 2.05) is 6.92 Å². The smallest absolute Gasteiger partial charge is 0.337 e. The van der Waals surface area contributed by atoms with Crippen LogP contribution < -0.4 is 19.5 Å². The highest BCUT2D eigenvalue weighted by atomic mass is 16.5. The van der Waals surface area contributed by atoms with Gasteiger partial charge in [-0.3, -0.25) is 9.59 Å². The molecule has 3 rings (SSSR count). The Hall–Kier alpha value is -3.49. The molecule has 9 heteroatoms. The van der Waals surface area contributed by atoms with Gasteiger partial charge in [-0.1, -0.05) is 13.0 Å². The van der Waals surface area contributed by atoms with Gasteiger partial charge in [0.1, 0.15) is 5.92 Å². The van der Waals surface area contributed by atoms with Crippen molar-refractivity contribution in [2.45, 2.75) is 46.1 Å². The molecule has 0 saturated carbocycles. The third-order valence-corrected chi connectivity index (χ3v) is 6.35. The molecule has 1 N–H and O–H groups in total. The number of ketones is 1. The molecule has 1 aromatic rings. The number of allylic oxidation sites excluding steroid dienone is 3. The summed E-state index contributed by atoms with van der Waals surface area (Å²) in [5.41, 5.74) is 2.30. The molecular formula is C26H33NO8. The van der Waals surface area contributed by atoms with Crippen molar-refractivity contribution < 1.29 is 38.1 Å². The minimum Gasteiger partial charge on any atom is -0.493 e. The summed E-state index contributed by atoms with van der Waals surface area (Å²) in [6.45, 7) is 7.10. The number of hydrogen-bond donors (Lipinski definition) is 1. The fraction of sp³-hybridized carbons (Fsp3) is 0.500. The van der Waals surface area contributed by atoms with Gasteiger partial charge in [0.25, 0.3) is 0 Å². The SMILES string of the molecule is COC(=O)[C@@H]1C(=O)C2=C(C[C@H]1C)NC(C)=C(C(=O)OC(C)C)[C@@H]2c1ccc(OC)c(OC)c1OC. The molecule has 0 aromatic heterocycles. The van der Waals surface area contributed by atoms with E-state index >= 15 is 0 Å². The lowest BCUT2D eigenvalue weighted by Crippen LogP contribution is -2.43. The predicted molar refractivity (Wildman–Crippen MR) is 127 cm³/mol. The predicted octanol–water partition coefficient (Wildman–Crippen LogP) is 3.28. The van der Waals surface area contributed by atoms with Gasteiger partial charge in [0.15, 0.2) is 17.3 Å². The van der Waals surface area contributed by atoms with Crippen LogP contribution in [-0.2, 0) is 23.9 Å². The van der Waals surface area contributed by atoms with Crippen molar-refractivity contribution in [3.05, 3.63) is 40.2 Å². The van der Waals surface area contributed by atoms with E-state index in [4.69, 9.17) is 23.7 Å². The van der Waals surface area contributed by atoms with E-state index in [0.717, 1.165) is 0 Å². The maximum atomic E-state index is 13.9. The van der Waals surface area contributed by atoms with Crippen LogP contribution >= 0.6 is 0 Å². The molecule has 2 aliphatic rings. The van der Waals surface area contributed by atoms with Crippen molar-refractivity contribution in [1.29, 1.82) is 0 Å². The average molecular weight is 488 g/mol. The molecule has 35 heavy (non-hydrogen) atoms. The molecule has 1 aliphatic heterocycles. The number of nitrogens with one attached hydrogen (secondary N) is 1. The third-order valence-electron chi connectivity index (χ3n) is 6.35. The van der Waals surface area contributed by atoms with E-state index in [0.29, 0.717) is 46.2 Å². The first-order valence-electron chi connectivity index (χ1n) is 11.4. The Kier molecular flexibility index (Phi) is 7.77. The van der Waals surface area contributed by atoms with Crippen LogP contribution in [-0.4, -0.2) is 52.3 Å². The molecule has 3 atom stereocenters. The van der Waals surface area contributed by atoms with E-state index < -0.39 is 29.6 Å². The molecule has 0 unspecified atom stereocenters. The minimum absolute atomic E-state index is 0.259. The number of carbonyl (C=O) groups excluding carboxylic acids is 3. The van der Waals surface area contributed by atoms with Crippen molar-refractivity contribution in [2.75, 3.05) is 28.4 Å². The van der Waals surface area contributed by atoms with Gasteiger partial charge in [-0.25, -0.2) is 4.79 Å². The van der Waals surface area contributed by atoms with Crippen LogP contribution in [0, 0.1) is 11.8 Å². The van der Waals surface area contributed by atoms with Crippen LogP contribution in [0.3, 0.4) is 0 Å². The number of ether oxygens (including phenoxy) is 5. The van der Waals surface area contributed by atoms with E-state index in [1.54, 1.807) is 32.9 Å². The number of rotatable bonds is 7. The summed E-state index contributed by atoms with van der Waals surface area (Å²) in [6.07, 6.45) is 0.0487. The summed E-state index contributed by atoms with van der Waals surface area (Å²) >= 11 is 0. The number of carbonyl (C=O) groups is 3. The number of Topliss-reactive ketones (excluding diaryl/α,β-unsaturated/α-hetero) is 1. The number of benzene rings is 1. The second-order valence-corrected chi connectivity index (χ2v) is 8.91. The van der Waals surface area contributed by atoms with Crippen molar-refractivity contribution in [1.82, 2.24) is 5.32 Å². The molecule has 190 valence electrons. The van der Waals surface area contributed by atoms with Gasteiger partial charge in [-0.2, -0.15) is 0 Å². The lowest BCUT2D eigenvalue weighted by molar-refractivity contribution is -0.151. The van der Waals surface area contributed by atoms with Gasteiger partial charge < -0.3 is 29.0 Å². The largest absolute Gasteiger partial charge is 0.493 e. The Morgan fingerprint density at radius 2 is 1.69 bits per heavy atom. The number of methoxy groups -OCH3 is 4. The number of esters is 2. The summed E-state index contributed by atoms with van der Waals surface area (Å²) in [7, 11) is 5.72. The minimum atomic E-state index is -0.991. The van der Waals surface area contributed by atoms with Crippen LogP contribution in [0.2, 0.25) is 0 Å². The topological polar surface area (TPSA) is 109 Å². The highest BCUT2D eigenvalue weighted by Gasteiger charge is 2.48. The van der Waals surface area contributed by atoms with Gasteiger partial charge in [0, 0.05) is 22.5 Å². The lowest BCUT2D eigenvalue weighted by Gasteiger charge is -2.38. The lowest BCUT2D eigenvalue weighted by atomic mass is 9.69. The van der Waals surface area contributed by atoms with E-state index in [-0.39, 0.29) is 17.6 Å². The third kappa shape index (κ3) is 4.59. The van der Waals surface area contributed by atoms with Crippen molar-refractivity contribution in [2.24, 2.45) is 11.8 Å². The molecule has 1 aliphatic carbocycles. The summed E-state index contributed by atoms with van der Waals surface area (Å²) in [4.78, 5) is 39.8. The molecule has 1 heterocycles. The normalized spacial score (nSPS) is 21.9. The van der Waals surface area contributed by atoms with Crippen molar-refractivity contribution in [3.63, 3.8) is 0 Å². The summed E-state index contributed by atoms with van der Waals surface area (Å²) in [5.74, 6) is -2.65. The average Bonchev–Trinajstić information content (AvgIpc) is 2.81. The number of dihydropyridines is 1. The maximum absolute atomic E-state index is 13.9. The van der Waals surface area contributed by atoms with Crippen LogP contribution in [0.1, 0.15) is 45.6 Å². The van der Waals surface area contributed by atoms with E-state index in [1.165, 1.54) is 28.4 Å². The fourth-order valence-electron chi connectivity index (χ4n) is 4.89. The van der Waals surface area contributed by atoms with Crippen molar-refractivity contribution >= 4 is 17.7 Å². The summed E-state index contributed by atoms with van der Waals surface area (Å²) in [5, 5.41) is 3.24. The first-order chi connectivity index (χ1) is 16.6. The molecule has 0 spiro atoms. The molecule has 1 aromatic carbocycles. The Labute approximate surface area is 205 Å². The zero-order valence-electron chi connectivity index (χ0n) is 21.4. The monoisotopic (exact) mass is 487 g/mol. The molecule has 0 saturated heterocycles. The molecule has 0 radical (unpaired) electrons. The summed E-state index contributed by atoms with van der Waals surface area (Å²) < 4.78 is 27.2. The second kappa shape index (κ2) is 10.4. The molecule has 0 fully saturated rings. The fourth-order valence-corrected chi connectivity index (χ4v) is 4.89. The second-order valence-electron chi connectivity index (χ2n) is 8.91. The van der Waals surface area contributed by atoms with Crippen LogP contribution in [0.15, 0.2) is 34.7 Å². The summed E-state index contributed by atoms with van der Waals surface area (Å²) in [6, 6.07) is 3.42. The van der Waals surface area contributed by atoms with Crippen LogP contribution in [0.25, 0.3) is 0 Å². The quantitative estimate of drug-likeness (QED) is 0.458. The molecule has 0 amide bonds. The van der Waals surface area contributed by atoms with Crippen molar-refractivity contribution in [3.8, 4) is 17.2 Å². The molecular weight excluding hydrogens is 454 g/mol. The first kappa shape index (κ1) is 26.1. The Morgan fingerprint density at radius 1 is 1.03 bits per heavy atom. The zero-order chi connectivity index (χ0) is 26.0. The Balaban J connectivity index is 2.32. The Bertz CT molecular complexity index is 1100. The van der Waals surface area contributed by atoms with Gasteiger partial charge in [0.2, 0.25) is 5.75 Å². The zero-order valence-corrected chi connectivity index (χ0v) is 21.4. The first-order valence-corrected chi connectivity index (χ1v) is 11.4. The van der Waals surface area contributed by atoms with Crippen LogP contribution in [0.5, 0.6) is 17.2 Å². The standard InChI is InChI=1S/C26H33NO8/c1-12(2)35-26(30)19-14(4)27-16-11-13(3)18(25(29)34-8)22(28)21(16)20(19)15-9-10-17(31-5)24(33-7)23(15)32-6/h9-10,12-13,18,20,27H,11H2,1-8H3/t13-,18+,20+/m1/s1. The van der Waals surface area contributed by atoms with Gasteiger partial charge in [-0.15, -0.1) is 0 Å². The number of hydrogen-bond acceptors (Lipinski definition) is 9. The van der Waals surface area contributed by atoms with E-state index in [9.17, 15) is 14.4 Å². The van der Waals surface area contributed by atoms with E-state index in [2.05, 4.69) is 5.32 Å². The van der Waals surface area contributed by atoms with Gasteiger partial charge in [0.05, 0.1) is 46.0 Å². The Morgan fingerprint density at radius 3 is 2.23 bits per heavy atom. The molecule has 0 bridgehead atoms. The highest BCUT2D eigenvalue weighted by Crippen LogP contribution is 2.51. The maximum Gasteiger partial charge on any atom is 0.337 e. The van der Waals surface area contributed by atoms with Gasteiger partial charge >= 0.3 is 11.9 Å². The van der Waals surface area contributed by atoms with Gasteiger partial charge in [-0.05, 0) is 39.2 Å². The highest BCUT2D eigenvalue weighted by molar-refractivity contribution is 6.12. The molecule has 9 nitrogen and oxygen atoms in total. The van der Waals surface area contributed by atoms with Crippen LogP contribution in [0.4, 0.5) is 0 Å².